The van der Waals surface area contributed by atoms with Gasteiger partial charge < -0.3 is 15.1 Å². The number of carbonyl (C=O) groups excluding carboxylic acids is 1. The predicted molar refractivity (Wildman–Crippen MR) is 113 cm³/mol. The lowest BCUT2D eigenvalue weighted by Gasteiger charge is -2.35. The monoisotopic (exact) mass is 393 g/mol. The van der Waals surface area contributed by atoms with E-state index in [1.165, 1.54) is 29.7 Å². The Morgan fingerprint density at radius 2 is 1.83 bits per heavy atom. The van der Waals surface area contributed by atoms with Gasteiger partial charge in [0.2, 0.25) is 5.91 Å². The van der Waals surface area contributed by atoms with Crippen molar-refractivity contribution in [3.8, 4) is 0 Å². The van der Waals surface area contributed by atoms with Crippen molar-refractivity contribution < 1.29 is 9.18 Å². The zero-order valence-corrected chi connectivity index (χ0v) is 16.4. The van der Waals surface area contributed by atoms with Gasteiger partial charge in [-0.25, -0.2) is 14.4 Å². The first-order valence-electron chi connectivity index (χ1n) is 9.84. The van der Waals surface area contributed by atoms with E-state index in [4.69, 9.17) is 0 Å². The van der Waals surface area contributed by atoms with Crippen LogP contribution < -0.4 is 10.2 Å². The number of nitrogens with zero attached hydrogens (tertiary/aromatic N) is 4. The Hall–Kier alpha value is -3.22. The normalized spacial score (nSPS) is 14.3. The van der Waals surface area contributed by atoms with Crippen LogP contribution >= 0.6 is 0 Å². The van der Waals surface area contributed by atoms with Crippen LogP contribution in [-0.4, -0.2) is 53.5 Å². The number of hydrogen-bond acceptors (Lipinski definition) is 5. The molecule has 1 aromatic heterocycles. The molecule has 1 saturated heterocycles. The molecule has 4 rings (SSSR count). The molecule has 7 heteroatoms. The second-order valence-corrected chi connectivity index (χ2v) is 7.22. The standard InChI is InChI=1S/C22H24FN5O/c1-16(29)27-10-12-28(13-11-27)19-5-2-17(3-6-19)8-9-24-22-20-14-18(23)4-7-21(20)25-15-26-22/h2-7,14-15H,8-13H2,1H3,(H,24,25,26). The summed E-state index contributed by atoms with van der Waals surface area (Å²) in [6, 6.07) is 13.0. The first kappa shape index (κ1) is 19.1. The highest BCUT2D eigenvalue weighted by Gasteiger charge is 2.18. The van der Waals surface area contributed by atoms with Crippen molar-refractivity contribution in [3.05, 3.63) is 60.2 Å². The van der Waals surface area contributed by atoms with E-state index in [1.54, 1.807) is 13.0 Å². The molecule has 3 aromatic rings. The molecule has 0 spiro atoms. The van der Waals surface area contributed by atoms with E-state index in [9.17, 15) is 9.18 Å². The molecule has 0 saturated carbocycles. The van der Waals surface area contributed by atoms with Gasteiger partial charge in [-0.2, -0.15) is 0 Å². The number of carbonyl (C=O) groups is 1. The average molecular weight is 393 g/mol. The van der Waals surface area contributed by atoms with Crippen molar-refractivity contribution >= 4 is 28.3 Å². The Bertz CT molecular complexity index is 1000. The summed E-state index contributed by atoms with van der Waals surface area (Å²) < 4.78 is 13.5. The highest BCUT2D eigenvalue weighted by atomic mass is 19.1. The molecule has 29 heavy (non-hydrogen) atoms. The Kier molecular flexibility index (Phi) is 5.55. The summed E-state index contributed by atoms with van der Waals surface area (Å²) in [5.74, 6) is 0.497. The molecule has 0 bridgehead atoms. The molecule has 0 atom stereocenters. The van der Waals surface area contributed by atoms with Crippen molar-refractivity contribution in [1.29, 1.82) is 0 Å². The molecule has 2 aromatic carbocycles. The van der Waals surface area contributed by atoms with Crippen LogP contribution in [0, 0.1) is 5.82 Å². The number of aromatic nitrogens is 2. The third kappa shape index (κ3) is 4.45. The summed E-state index contributed by atoms with van der Waals surface area (Å²) in [4.78, 5) is 24.1. The van der Waals surface area contributed by atoms with Gasteiger partial charge in [0.25, 0.3) is 0 Å². The molecule has 0 aliphatic carbocycles. The van der Waals surface area contributed by atoms with Crippen molar-refractivity contribution in [2.24, 2.45) is 0 Å². The summed E-state index contributed by atoms with van der Waals surface area (Å²) in [5.41, 5.74) is 3.12. The van der Waals surface area contributed by atoms with Crippen LogP contribution in [0.4, 0.5) is 15.9 Å². The summed E-state index contributed by atoms with van der Waals surface area (Å²) >= 11 is 0. The maximum atomic E-state index is 13.5. The first-order valence-corrected chi connectivity index (χ1v) is 9.84. The lowest BCUT2D eigenvalue weighted by Crippen LogP contribution is -2.48. The van der Waals surface area contributed by atoms with Crippen LogP contribution in [0.25, 0.3) is 10.9 Å². The fourth-order valence-corrected chi connectivity index (χ4v) is 3.65. The smallest absolute Gasteiger partial charge is 0.219 e. The van der Waals surface area contributed by atoms with E-state index < -0.39 is 0 Å². The minimum absolute atomic E-state index is 0.145. The lowest BCUT2D eigenvalue weighted by atomic mass is 10.1. The third-order valence-corrected chi connectivity index (χ3v) is 5.33. The van der Waals surface area contributed by atoms with E-state index in [0.717, 1.165) is 38.1 Å². The summed E-state index contributed by atoms with van der Waals surface area (Å²) in [7, 11) is 0. The molecule has 0 radical (unpaired) electrons. The maximum absolute atomic E-state index is 13.5. The van der Waals surface area contributed by atoms with Gasteiger partial charge >= 0.3 is 0 Å². The number of fused-ring (bicyclic) bond motifs is 1. The number of amides is 1. The number of hydrogen-bond donors (Lipinski definition) is 1. The molecule has 1 amide bonds. The van der Waals surface area contributed by atoms with Crippen LogP contribution in [0.5, 0.6) is 0 Å². The van der Waals surface area contributed by atoms with E-state index in [-0.39, 0.29) is 11.7 Å². The Balaban J connectivity index is 1.33. The van der Waals surface area contributed by atoms with Crippen LogP contribution in [0.3, 0.4) is 0 Å². The number of piperazine rings is 1. The highest BCUT2D eigenvalue weighted by Crippen LogP contribution is 2.21. The fraction of sp³-hybridized carbons (Fsp3) is 0.318. The van der Waals surface area contributed by atoms with Gasteiger partial charge in [-0.05, 0) is 42.3 Å². The van der Waals surface area contributed by atoms with E-state index in [0.29, 0.717) is 17.7 Å². The zero-order chi connectivity index (χ0) is 20.2. The van der Waals surface area contributed by atoms with Gasteiger partial charge in [-0.15, -0.1) is 0 Å². The first-order chi connectivity index (χ1) is 14.1. The van der Waals surface area contributed by atoms with Crippen LogP contribution in [0.2, 0.25) is 0 Å². The summed E-state index contributed by atoms with van der Waals surface area (Å²) in [6.07, 6.45) is 2.32. The molecule has 1 fully saturated rings. The Labute approximate surface area is 169 Å². The highest BCUT2D eigenvalue weighted by molar-refractivity contribution is 5.88. The van der Waals surface area contributed by atoms with Gasteiger partial charge in [-0.1, -0.05) is 12.1 Å². The molecule has 0 unspecified atom stereocenters. The maximum Gasteiger partial charge on any atom is 0.219 e. The third-order valence-electron chi connectivity index (χ3n) is 5.33. The van der Waals surface area contributed by atoms with Crippen molar-refractivity contribution in [2.45, 2.75) is 13.3 Å². The summed E-state index contributed by atoms with van der Waals surface area (Å²) in [6.45, 7) is 5.58. The number of halogens is 1. The minimum Gasteiger partial charge on any atom is -0.369 e. The molecule has 1 aliphatic heterocycles. The fourth-order valence-electron chi connectivity index (χ4n) is 3.65. The van der Waals surface area contributed by atoms with Crippen molar-refractivity contribution in [1.82, 2.24) is 14.9 Å². The van der Waals surface area contributed by atoms with Crippen molar-refractivity contribution in [3.63, 3.8) is 0 Å². The van der Waals surface area contributed by atoms with Gasteiger partial charge in [-0.3, -0.25) is 4.79 Å². The number of benzene rings is 2. The number of anilines is 2. The SMILES string of the molecule is CC(=O)N1CCN(c2ccc(CCNc3ncnc4ccc(F)cc34)cc2)CC1. The molecule has 1 N–H and O–H groups in total. The molecule has 6 nitrogen and oxygen atoms in total. The molecular weight excluding hydrogens is 369 g/mol. The average Bonchev–Trinajstić information content (AvgIpc) is 2.74. The zero-order valence-electron chi connectivity index (χ0n) is 16.4. The second kappa shape index (κ2) is 8.43. The second-order valence-electron chi connectivity index (χ2n) is 7.22. The van der Waals surface area contributed by atoms with Crippen LogP contribution in [0.1, 0.15) is 12.5 Å². The molecular formula is C22H24FN5O. The molecule has 2 heterocycles. The Morgan fingerprint density at radius 3 is 2.55 bits per heavy atom. The van der Waals surface area contributed by atoms with E-state index in [2.05, 4.69) is 44.5 Å². The number of rotatable bonds is 5. The van der Waals surface area contributed by atoms with Gasteiger partial charge in [0, 0.05) is 50.7 Å². The molecule has 1 aliphatic rings. The predicted octanol–water partition coefficient (Wildman–Crippen LogP) is 3.09. The van der Waals surface area contributed by atoms with E-state index >= 15 is 0 Å². The number of nitrogens with one attached hydrogen (secondary N) is 1. The lowest BCUT2D eigenvalue weighted by molar-refractivity contribution is -0.129. The molecule has 150 valence electrons. The van der Waals surface area contributed by atoms with Gasteiger partial charge in [0.05, 0.1) is 5.52 Å². The van der Waals surface area contributed by atoms with E-state index in [1.807, 2.05) is 4.90 Å². The van der Waals surface area contributed by atoms with Gasteiger partial charge in [0.1, 0.15) is 18.0 Å². The van der Waals surface area contributed by atoms with Gasteiger partial charge in [0.15, 0.2) is 0 Å². The quantitative estimate of drug-likeness (QED) is 0.722. The largest absolute Gasteiger partial charge is 0.369 e. The Morgan fingerprint density at radius 1 is 1.07 bits per heavy atom. The minimum atomic E-state index is -0.296. The topological polar surface area (TPSA) is 61.4 Å². The van der Waals surface area contributed by atoms with Crippen molar-refractivity contribution in [2.75, 3.05) is 42.9 Å². The summed E-state index contributed by atoms with van der Waals surface area (Å²) in [5, 5.41) is 3.98. The van der Waals surface area contributed by atoms with Crippen LogP contribution in [-0.2, 0) is 11.2 Å². The van der Waals surface area contributed by atoms with Crippen LogP contribution in [0.15, 0.2) is 48.8 Å².